The van der Waals surface area contributed by atoms with Crippen molar-refractivity contribution in [2.75, 3.05) is 11.2 Å². The molecule has 20 heavy (non-hydrogen) atoms. The van der Waals surface area contributed by atoms with Gasteiger partial charge in [-0.05, 0) is 0 Å². The number of rotatable bonds is 3. The third-order valence-corrected chi connectivity index (χ3v) is 5.20. The van der Waals surface area contributed by atoms with Gasteiger partial charge in [0.1, 0.15) is 0 Å². The monoisotopic (exact) mass is 330 g/mol. The maximum atomic E-state index is 6.29. The number of aromatic nitrogens is 1. The van der Waals surface area contributed by atoms with Gasteiger partial charge in [-0.15, -0.1) is 0 Å². The molecule has 0 radical (unpaired) electrons. The molecule has 0 unspecified atom stereocenters. The number of nitrogens with one attached hydrogen (secondary N) is 1. The van der Waals surface area contributed by atoms with Gasteiger partial charge < -0.3 is 0 Å². The van der Waals surface area contributed by atoms with Crippen LogP contribution >= 0.6 is 0 Å². The zero-order valence-corrected chi connectivity index (χ0v) is 12.9. The van der Waals surface area contributed by atoms with Crippen LogP contribution in [0.4, 0.5) is 10.4 Å². The quantitative estimate of drug-likeness (QED) is 0.440. The summed E-state index contributed by atoms with van der Waals surface area (Å²) in [6.07, 6.45) is 0. The van der Waals surface area contributed by atoms with E-state index < -0.39 is 0 Å². The van der Waals surface area contributed by atoms with Crippen LogP contribution in [0.15, 0.2) is 60.7 Å². The van der Waals surface area contributed by atoms with Crippen molar-refractivity contribution in [2.24, 2.45) is 0 Å². The predicted molar refractivity (Wildman–Crippen MR) is 83.6 cm³/mol. The third kappa shape index (κ3) is 2.48. The molecule has 0 bridgehead atoms. The molecular weight excluding hydrogens is 313 g/mol. The number of nitrogen functional groups attached to an aromatic ring is 1. The topological polar surface area (TPSA) is 41.9 Å². The molecule has 0 spiro atoms. The Kier molecular flexibility index (Phi) is 3.59. The Hall–Kier alpha value is -2.03. The second-order valence-electron chi connectivity index (χ2n) is 4.54. The summed E-state index contributed by atoms with van der Waals surface area (Å²) < 4.78 is 4.20. The van der Waals surface area contributed by atoms with Gasteiger partial charge in [0, 0.05) is 0 Å². The molecule has 0 amide bonds. The van der Waals surface area contributed by atoms with Gasteiger partial charge >= 0.3 is 124 Å². The summed E-state index contributed by atoms with van der Waals surface area (Å²) in [4.78, 5) is 0. The van der Waals surface area contributed by atoms with Crippen molar-refractivity contribution in [3.8, 4) is 11.3 Å². The van der Waals surface area contributed by atoms with E-state index in [4.69, 9.17) is 5.84 Å². The van der Waals surface area contributed by atoms with Crippen LogP contribution < -0.4 is 15.8 Å². The zero-order chi connectivity index (χ0) is 13.9. The van der Waals surface area contributed by atoms with Gasteiger partial charge in [0.15, 0.2) is 0 Å². The number of benzene rings is 2. The van der Waals surface area contributed by atoms with Crippen molar-refractivity contribution in [1.29, 1.82) is 0 Å². The van der Waals surface area contributed by atoms with Gasteiger partial charge in [-0.3, -0.25) is 0 Å². The summed E-state index contributed by atoms with van der Waals surface area (Å²) in [6, 6.07) is 20.4. The minimum absolute atomic E-state index is 0.232. The number of hydrogen-bond donors (Lipinski definition) is 2. The van der Waals surface area contributed by atoms with Crippen molar-refractivity contribution in [2.45, 2.75) is 6.92 Å². The van der Waals surface area contributed by atoms with Crippen LogP contribution in [0, 0.1) is 6.92 Å². The SMILES string of the molecule is Cc1[se]c(Nc2ccccc2)[n+](N)c1-c1ccccc1. The number of anilines is 2. The molecule has 2 aromatic carbocycles. The molecule has 0 aliphatic heterocycles. The van der Waals surface area contributed by atoms with E-state index in [2.05, 4.69) is 24.4 Å². The zero-order valence-electron chi connectivity index (χ0n) is 11.2. The molecule has 0 atom stereocenters. The number of aryl methyl sites for hydroxylation is 1. The van der Waals surface area contributed by atoms with Gasteiger partial charge in [0.05, 0.1) is 0 Å². The Balaban J connectivity index is 1.99. The fourth-order valence-electron chi connectivity index (χ4n) is 2.18. The van der Waals surface area contributed by atoms with Crippen molar-refractivity contribution in [3.63, 3.8) is 0 Å². The fraction of sp³-hybridized carbons (Fsp3) is 0.0625. The van der Waals surface area contributed by atoms with Gasteiger partial charge in [-0.2, -0.15) is 0 Å². The maximum absolute atomic E-state index is 6.29. The molecule has 0 saturated carbocycles. The molecule has 100 valence electrons. The van der Waals surface area contributed by atoms with Crippen LogP contribution in [-0.2, 0) is 0 Å². The average Bonchev–Trinajstić information content (AvgIpc) is 2.75. The second-order valence-corrected chi connectivity index (χ2v) is 7.06. The molecule has 1 heterocycles. The van der Waals surface area contributed by atoms with E-state index in [-0.39, 0.29) is 14.5 Å². The van der Waals surface area contributed by atoms with E-state index in [0.717, 1.165) is 16.1 Å². The molecule has 0 aliphatic carbocycles. The molecular formula is C16H16N3Se+. The average molecular weight is 329 g/mol. The van der Waals surface area contributed by atoms with E-state index >= 15 is 0 Å². The normalized spacial score (nSPS) is 10.4. The summed E-state index contributed by atoms with van der Waals surface area (Å²) in [5.74, 6) is 6.29. The van der Waals surface area contributed by atoms with Crippen molar-refractivity contribution in [1.82, 2.24) is 0 Å². The number of para-hydroxylation sites is 1. The molecule has 3 aromatic rings. The number of hydrogen-bond acceptors (Lipinski definition) is 2. The van der Waals surface area contributed by atoms with Crippen LogP contribution in [-0.4, -0.2) is 14.5 Å². The molecule has 1 aromatic heterocycles. The Labute approximate surface area is 124 Å². The third-order valence-electron chi connectivity index (χ3n) is 3.12. The van der Waals surface area contributed by atoms with Crippen molar-refractivity contribution < 1.29 is 4.68 Å². The van der Waals surface area contributed by atoms with E-state index in [0.29, 0.717) is 0 Å². The summed E-state index contributed by atoms with van der Waals surface area (Å²) in [7, 11) is 0. The summed E-state index contributed by atoms with van der Waals surface area (Å²) in [6.45, 7) is 2.15. The predicted octanol–water partition coefficient (Wildman–Crippen LogP) is 2.46. The summed E-state index contributed by atoms with van der Waals surface area (Å²) in [5, 5.41) is 3.42. The molecule has 0 fully saturated rings. The van der Waals surface area contributed by atoms with Crippen LogP contribution in [0.1, 0.15) is 4.44 Å². The first-order valence-corrected chi connectivity index (χ1v) is 8.15. The Morgan fingerprint density at radius 3 is 2.20 bits per heavy atom. The van der Waals surface area contributed by atoms with Gasteiger partial charge in [-0.1, -0.05) is 0 Å². The van der Waals surface area contributed by atoms with Crippen molar-refractivity contribution >= 4 is 24.9 Å². The Morgan fingerprint density at radius 1 is 0.950 bits per heavy atom. The van der Waals surface area contributed by atoms with Crippen LogP contribution in [0.3, 0.4) is 0 Å². The first-order valence-electron chi connectivity index (χ1n) is 6.44. The Bertz CT molecular complexity index is 705. The Morgan fingerprint density at radius 2 is 1.55 bits per heavy atom. The van der Waals surface area contributed by atoms with E-state index in [1.54, 1.807) is 4.68 Å². The van der Waals surface area contributed by atoms with E-state index in [9.17, 15) is 0 Å². The molecule has 0 aliphatic rings. The summed E-state index contributed by atoms with van der Waals surface area (Å²) >= 11 is 0.232. The second kappa shape index (κ2) is 5.53. The molecule has 4 heteroatoms. The van der Waals surface area contributed by atoms with E-state index in [1.807, 2.05) is 48.5 Å². The molecule has 0 saturated heterocycles. The van der Waals surface area contributed by atoms with Crippen molar-refractivity contribution in [3.05, 3.63) is 65.1 Å². The minimum atomic E-state index is 0.232. The first kappa shape index (κ1) is 13.0. The van der Waals surface area contributed by atoms with E-state index in [1.165, 1.54) is 10.0 Å². The van der Waals surface area contributed by atoms with Crippen LogP contribution in [0.5, 0.6) is 0 Å². The number of nitrogens with zero attached hydrogens (tertiary/aromatic N) is 1. The van der Waals surface area contributed by atoms with Crippen LogP contribution in [0.25, 0.3) is 11.3 Å². The standard InChI is InChI=1S/C16H15N3Se/c1-12-15(13-8-4-2-5-9-13)19(17)16(20-12)18-14-10-6-3-7-11-14/h2-11H,17H2,1H3/p+1. The van der Waals surface area contributed by atoms with Gasteiger partial charge in [0.2, 0.25) is 0 Å². The molecule has 3 N–H and O–H groups in total. The van der Waals surface area contributed by atoms with Gasteiger partial charge in [0.25, 0.3) is 0 Å². The van der Waals surface area contributed by atoms with Crippen LogP contribution in [0.2, 0.25) is 0 Å². The summed E-state index contributed by atoms with van der Waals surface area (Å²) in [5.41, 5.74) is 3.35. The van der Waals surface area contributed by atoms with Gasteiger partial charge in [-0.25, -0.2) is 0 Å². The first-order chi connectivity index (χ1) is 9.75. The number of nitrogens with two attached hydrogens (primary N) is 1. The molecule has 3 rings (SSSR count). The fourth-order valence-corrected chi connectivity index (χ4v) is 4.20. The molecule has 3 nitrogen and oxygen atoms in total.